The van der Waals surface area contributed by atoms with E-state index in [1.165, 1.54) is 24.0 Å². The molecule has 0 radical (unpaired) electrons. The van der Waals surface area contributed by atoms with Gasteiger partial charge in [0.25, 0.3) is 0 Å². The van der Waals surface area contributed by atoms with Crippen molar-refractivity contribution in [3.63, 3.8) is 0 Å². The summed E-state index contributed by atoms with van der Waals surface area (Å²) in [6.07, 6.45) is -4.44. The number of nitrogens with zero attached hydrogens (tertiary/aromatic N) is 2. The highest BCUT2D eigenvalue weighted by Gasteiger charge is 2.30. The van der Waals surface area contributed by atoms with Gasteiger partial charge in [-0.2, -0.15) is 13.2 Å². The summed E-state index contributed by atoms with van der Waals surface area (Å²) in [6, 6.07) is 11.2. The molecule has 0 aliphatic carbocycles. The van der Waals surface area contributed by atoms with Gasteiger partial charge in [0.15, 0.2) is 0 Å². The number of halogens is 3. The van der Waals surface area contributed by atoms with E-state index in [2.05, 4.69) is 5.32 Å². The lowest BCUT2D eigenvalue weighted by atomic mass is 10.2. The Bertz CT molecular complexity index is 800. The molecule has 0 saturated carbocycles. The maximum Gasteiger partial charge on any atom is 0.416 e. The first-order valence-electron chi connectivity index (χ1n) is 8.10. The van der Waals surface area contributed by atoms with E-state index in [9.17, 15) is 22.8 Å². The molecular weight excluding hydrogens is 359 g/mol. The fourth-order valence-corrected chi connectivity index (χ4v) is 2.40. The van der Waals surface area contributed by atoms with Gasteiger partial charge in [-0.25, -0.2) is 0 Å². The van der Waals surface area contributed by atoms with Crippen molar-refractivity contribution in [3.05, 3.63) is 54.1 Å². The summed E-state index contributed by atoms with van der Waals surface area (Å²) in [5.74, 6) is -0.836. The van der Waals surface area contributed by atoms with E-state index in [0.717, 1.165) is 17.8 Å². The van der Waals surface area contributed by atoms with Crippen LogP contribution in [0, 0.1) is 0 Å². The number of carbonyl (C=O) groups excluding carboxylic acids is 2. The molecule has 0 bridgehead atoms. The smallest absolute Gasteiger partial charge is 0.378 e. The van der Waals surface area contributed by atoms with Gasteiger partial charge in [-0.3, -0.25) is 9.59 Å². The fraction of sp³-hybridized carbons (Fsp3) is 0.263. The van der Waals surface area contributed by atoms with Gasteiger partial charge in [0, 0.05) is 38.1 Å². The highest BCUT2D eigenvalue weighted by Crippen LogP contribution is 2.29. The zero-order valence-electron chi connectivity index (χ0n) is 15.2. The Balaban J connectivity index is 2.07. The summed E-state index contributed by atoms with van der Waals surface area (Å²) >= 11 is 0. The third-order valence-corrected chi connectivity index (χ3v) is 3.86. The molecule has 144 valence electrons. The molecule has 1 N–H and O–H groups in total. The van der Waals surface area contributed by atoms with Crippen molar-refractivity contribution in [1.29, 1.82) is 0 Å². The molecule has 27 heavy (non-hydrogen) atoms. The number of benzene rings is 2. The molecule has 0 heterocycles. The molecule has 5 nitrogen and oxygen atoms in total. The Kier molecular flexibility index (Phi) is 6.09. The minimum Gasteiger partial charge on any atom is -0.378 e. The molecule has 0 saturated heterocycles. The summed E-state index contributed by atoms with van der Waals surface area (Å²) in [4.78, 5) is 27.3. The number of hydrogen-bond acceptors (Lipinski definition) is 3. The molecule has 2 aromatic carbocycles. The Labute approximate surface area is 155 Å². The zero-order chi connectivity index (χ0) is 20.2. The standard InChI is InChI=1S/C19H20F3N3O2/c1-13(26)25(17-10-8-16(9-11-17)24(2)3)12-18(27)23-15-6-4-14(5-7-15)19(20,21)22/h4-11H,12H2,1-3H3,(H,23,27). The second-order valence-corrected chi connectivity index (χ2v) is 6.14. The van der Waals surface area contributed by atoms with Crippen molar-refractivity contribution in [2.45, 2.75) is 13.1 Å². The van der Waals surface area contributed by atoms with E-state index in [-0.39, 0.29) is 18.1 Å². The molecule has 0 spiro atoms. The second-order valence-electron chi connectivity index (χ2n) is 6.14. The van der Waals surface area contributed by atoms with Crippen LogP contribution < -0.4 is 15.1 Å². The van der Waals surface area contributed by atoms with Crippen LogP contribution in [0.4, 0.5) is 30.2 Å². The van der Waals surface area contributed by atoms with Crippen molar-refractivity contribution in [1.82, 2.24) is 0 Å². The third kappa shape index (κ3) is 5.47. The normalized spacial score (nSPS) is 11.0. The maximum absolute atomic E-state index is 12.6. The van der Waals surface area contributed by atoms with Crippen molar-refractivity contribution in [2.24, 2.45) is 0 Å². The molecule has 0 fully saturated rings. The summed E-state index contributed by atoms with van der Waals surface area (Å²) in [5.41, 5.74) is 0.915. The zero-order valence-corrected chi connectivity index (χ0v) is 15.2. The van der Waals surface area contributed by atoms with E-state index in [1.807, 2.05) is 31.1 Å². The Hall–Kier alpha value is -3.03. The van der Waals surface area contributed by atoms with E-state index in [4.69, 9.17) is 0 Å². The first-order chi connectivity index (χ1) is 12.6. The first kappa shape index (κ1) is 20.3. The minimum atomic E-state index is -4.44. The summed E-state index contributed by atoms with van der Waals surface area (Å²) in [5, 5.41) is 2.50. The van der Waals surface area contributed by atoms with Gasteiger partial charge in [0.05, 0.1) is 5.56 Å². The van der Waals surface area contributed by atoms with Gasteiger partial charge < -0.3 is 15.1 Å². The van der Waals surface area contributed by atoms with Crippen LogP contribution in [0.25, 0.3) is 0 Å². The van der Waals surface area contributed by atoms with Crippen molar-refractivity contribution < 1.29 is 22.8 Å². The Morgan fingerprint density at radius 2 is 1.44 bits per heavy atom. The van der Waals surface area contributed by atoms with Crippen molar-refractivity contribution in [3.8, 4) is 0 Å². The summed E-state index contributed by atoms with van der Waals surface area (Å²) < 4.78 is 37.7. The number of nitrogens with one attached hydrogen (secondary N) is 1. The van der Waals surface area contributed by atoms with Crippen LogP contribution in [0.2, 0.25) is 0 Å². The summed E-state index contributed by atoms with van der Waals surface area (Å²) in [6.45, 7) is 1.09. The average molecular weight is 379 g/mol. The quantitative estimate of drug-likeness (QED) is 0.861. The predicted molar refractivity (Wildman–Crippen MR) is 98.9 cm³/mol. The molecular formula is C19H20F3N3O2. The monoisotopic (exact) mass is 379 g/mol. The van der Waals surface area contributed by atoms with E-state index >= 15 is 0 Å². The Morgan fingerprint density at radius 3 is 1.89 bits per heavy atom. The van der Waals surface area contributed by atoms with Crippen LogP contribution in [0.1, 0.15) is 12.5 Å². The van der Waals surface area contributed by atoms with Crippen molar-refractivity contribution in [2.75, 3.05) is 35.8 Å². The van der Waals surface area contributed by atoms with Crippen molar-refractivity contribution >= 4 is 28.9 Å². The number of rotatable bonds is 5. The van der Waals surface area contributed by atoms with Crippen LogP contribution >= 0.6 is 0 Å². The van der Waals surface area contributed by atoms with Gasteiger partial charge in [-0.05, 0) is 48.5 Å². The fourth-order valence-electron chi connectivity index (χ4n) is 2.40. The maximum atomic E-state index is 12.6. The molecule has 2 aromatic rings. The van der Waals surface area contributed by atoms with E-state index < -0.39 is 17.6 Å². The predicted octanol–water partition coefficient (Wildman–Crippen LogP) is 3.76. The molecule has 0 aliphatic rings. The SMILES string of the molecule is CC(=O)N(CC(=O)Nc1ccc(C(F)(F)F)cc1)c1ccc(N(C)C)cc1. The van der Waals surface area contributed by atoms with Crippen LogP contribution in [-0.4, -0.2) is 32.5 Å². The van der Waals surface area contributed by atoms with Crippen LogP contribution in [0.15, 0.2) is 48.5 Å². The average Bonchev–Trinajstić information content (AvgIpc) is 2.59. The lowest BCUT2D eigenvalue weighted by molar-refractivity contribution is -0.137. The second kappa shape index (κ2) is 8.11. The molecule has 2 rings (SSSR count). The minimum absolute atomic E-state index is 0.222. The van der Waals surface area contributed by atoms with Crippen LogP contribution in [0.5, 0.6) is 0 Å². The number of hydrogen-bond donors (Lipinski definition) is 1. The number of carbonyl (C=O) groups is 2. The largest absolute Gasteiger partial charge is 0.416 e. The summed E-state index contributed by atoms with van der Waals surface area (Å²) in [7, 11) is 3.77. The lowest BCUT2D eigenvalue weighted by Crippen LogP contribution is -2.36. The molecule has 0 aliphatic heterocycles. The van der Waals surface area contributed by atoms with Crippen LogP contribution in [-0.2, 0) is 15.8 Å². The van der Waals surface area contributed by atoms with Gasteiger partial charge >= 0.3 is 6.18 Å². The topological polar surface area (TPSA) is 52.7 Å². The van der Waals surface area contributed by atoms with Gasteiger partial charge in [0.1, 0.15) is 6.54 Å². The number of anilines is 3. The Morgan fingerprint density at radius 1 is 0.926 bits per heavy atom. The van der Waals surface area contributed by atoms with Gasteiger partial charge in [0.2, 0.25) is 11.8 Å². The number of alkyl halides is 3. The first-order valence-corrected chi connectivity index (χ1v) is 8.10. The van der Waals surface area contributed by atoms with Gasteiger partial charge in [-0.1, -0.05) is 0 Å². The molecule has 0 atom stereocenters. The molecule has 0 aromatic heterocycles. The highest BCUT2D eigenvalue weighted by atomic mass is 19.4. The van der Waals surface area contributed by atoms with Crippen LogP contribution in [0.3, 0.4) is 0 Å². The molecule has 0 unspecified atom stereocenters. The number of amides is 2. The van der Waals surface area contributed by atoms with Gasteiger partial charge in [-0.15, -0.1) is 0 Å². The lowest BCUT2D eigenvalue weighted by Gasteiger charge is -2.22. The van der Waals surface area contributed by atoms with E-state index in [1.54, 1.807) is 12.1 Å². The highest BCUT2D eigenvalue weighted by molar-refractivity contribution is 6.01. The molecule has 8 heteroatoms. The molecule has 2 amide bonds. The third-order valence-electron chi connectivity index (χ3n) is 3.86. The van der Waals surface area contributed by atoms with E-state index in [0.29, 0.717) is 5.69 Å².